The molecular weight excluding hydrogens is 506 g/mol. The molecule has 11 nitrogen and oxygen atoms in total. The minimum Gasteiger partial charge on any atom is -0.450 e. The van der Waals surface area contributed by atoms with E-state index in [4.69, 9.17) is 22.1 Å². The van der Waals surface area contributed by atoms with Crippen LogP contribution in [0.2, 0.25) is 5.28 Å². The Hall–Kier alpha value is -3.90. The number of carbonyl (C=O) groups is 1. The molecule has 2 aromatic carbocycles. The van der Waals surface area contributed by atoms with Crippen molar-refractivity contribution in [1.82, 2.24) is 24.8 Å². The normalized spacial score (nSPS) is 11.4. The van der Waals surface area contributed by atoms with E-state index < -0.39 is 16.1 Å². The molecule has 0 radical (unpaired) electrons. The molecule has 0 aliphatic rings. The van der Waals surface area contributed by atoms with Gasteiger partial charge in [-0.2, -0.15) is 9.97 Å². The van der Waals surface area contributed by atoms with Crippen molar-refractivity contribution in [3.63, 3.8) is 0 Å². The number of benzene rings is 2. The van der Waals surface area contributed by atoms with E-state index in [1.165, 1.54) is 12.1 Å². The van der Waals surface area contributed by atoms with Crippen LogP contribution in [0.4, 0.5) is 16.3 Å². The maximum absolute atomic E-state index is 12.5. The van der Waals surface area contributed by atoms with Gasteiger partial charge in [-0.3, -0.25) is 4.72 Å². The van der Waals surface area contributed by atoms with Crippen molar-refractivity contribution >= 4 is 50.4 Å². The molecule has 4 rings (SSSR count). The molecule has 2 aromatic heterocycles. The van der Waals surface area contributed by atoms with E-state index in [9.17, 15) is 13.2 Å². The van der Waals surface area contributed by atoms with Crippen LogP contribution in [0.5, 0.6) is 0 Å². The van der Waals surface area contributed by atoms with Crippen LogP contribution in [0.15, 0.2) is 65.8 Å². The van der Waals surface area contributed by atoms with Gasteiger partial charge in [-0.1, -0.05) is 30.3 Å². The Morgan fingerprint density at radius 3 is 2.56 bits per heavy atom. The quantitative estimate of drug-likeness (QED) is 0.208. The number of nitrogens with two attached hydrogens (primary N) is 1. The highest BCUT2D eigenvalue weighted by molar-refractivity contribution is 7.92. The number of unbranched alkanes of at least 4 members (excludes halogenated alkanes) is 1. The third-order valence-electron chi connectivity index (χ3n) is 5.19. The lowest BCUT2D eigenvalue weighted by atomic mass is 10.2. The number of nitrogen functional groups attached to an aromatic ring is 1. The molecule has 0 bridgehead atoms. The number of amides is 1. The van der Waals surface area contributed by atoms with Gasteiger partial charge in [0.1, 0.15) is 5.52 Å². The Labute approximate surface area is 212 Å². The van der Waals surface area contributed by atoms with E-state index in [1.807, 2.05) is 4.57 Å². The predicted molar refractivity (Wildman–Crippen MR) is 136 cm³/mol. The Balaban J connectivity index is 1.18. The summed E-state index contributed by atoms with van der Waals surface area (Å²) in [5.41, 5.74) is 8.06. The monoisotopic (exact) mass is 529 g/mol. The molecule has 0 unspecified atom stereocenters. The number of sulfonamides is 1. The molecule has 0 spiro atoms. The Morgan fingerprint density at radius 2 is 1.81 bits per heavy atom. The highest BCUT2D eigenvalue weighted by Crippen LogP contribution is 2.19. The number of aromatic nitrogens is 4. The Bertz CT molecular complexity index is 1440. The van der Waals surface area contributed by atoms with Crippen molar-refractivity contribution < 1.29 is 17.9 Å². The number of alkyl carbamates (subject to hydrolysis) is 1. The summed E-state index contributed by atoms with van der Waals surface area (Å²) < 4.78 is 34.5. The number of hydrogen-bond acceptors (Lipinski definition) is 8. The van der Waals surface area contributed by atoms with E-state index in [2.05, 4.69) is 25.0 Å². The number of nitrogens with zero attached hydrogens (tertiary/aromatic N) is 4. The number of halogens is 1. The maximum atomic E-state index is 12.5. The fourth-order valence-electron chi connectivity index (χ4n) is 3.38. The second kappa shape index (κ2) is 11.2. The highest BCUT2D eigenvalue weighted by atomic mass is 35.5. The van der Waals surface area contributed by atoms with Gasteiger partial charge in [0.2, 0.25) is 5.28 Å². The van der Waals surface area contributed by atoms with Crippen LogP contribution >= 0.6 is 11.6 Å². The summed E-state index contributed by atoms with van der Waals surface area (Å²) in [6.45, 7) is 1.04. The molecule has 13 heteroatoms. The van der Waals surface area contributed by atoms with Crippen LogP contribution in [0.1, 0.15) is 18.4 Å². The largest absolute Gasteiger partial charge is 0.450 e. The summed E-state index contributed by atoms with van der Waals surface area (Å²) >= 11 is 5.87. The first kappa shape index (κ1) is 25.2. The fourth-order valence-corrected chi connectivity index (χ4v) is 4.61. The van der Waals surface area contributed by atoms with Gasteiger partial charge in [0, 0.05) is 18.8 Å². The number of aryl methyl sites for hydroxylation is 1. The first-order valence-corrected chi connectivity index (χ1v) is 12.9. The Morgan fingerprint density at radius 1 is 1.06 bits per heavy atom. The molecule has 0 aliphatic carbocycles. The zero-order chi connectivity index (χ0) is 25.5. The second-order valence-electron chi connectivity index (χ2n) is 7.80. The molecule has 0 saturated heterocycles. The highest BCUT2D eigenvalue weighted by Gasteiger charge is 2.14. The van der Waals surface area contributed by atoms with Crippen molar-refractivity contribution in [1.29, 1.82) is 0 Å². The Kier molecular flexibility index (Phi) is 7.86. The number of ether oxygens (including phenoxy) is 1. The van der Waals surface area contributed by atoms with E-state index in [0.29, 0.717) is 36.2 Å². The summed E-state index contributed by atoms with van der Waals surface area (Å²) in [6, 6.07) is 14.9. The molecule has 2 heterocycles. The van der Waals surface area contributed by atoms with Gasteiger partial charge < -0.3 is 20.4 Å². The topological polar surface area (TPSA) is 154 Å². The van der Waals surface area contributed by atoms with Crippen molar-refractivity contribution in [2.45, 2.75) is 30.8 Å². The van der Waals surface area contributed by atoms with Gasteiger partial charge in [0.25, 0.3) is 10.0 Å². The van der Waals surface area contributed by atoms with Crippen molar-refractivity contribution in [3.05, 3.63) is 71.8 Å². The average molecular weight is 530 g/mol. The molecule has 0 saturated carbocycles. The minimum absolute atomic E-state index is 0.0573. The standard InChI is InChI=1S/C23H24ClN7O4S/c24-22-28-20(25)19-21(29-22)31(15-27-19)12-4-5-13-35-23(32)26-14-16-8-10-18(11-9-16)36(33,34)30-17-6-2-1-3-7-17/h1-3,6-11,15,30H,4-5,12-14H2,(H,26,32)(H2,25,28,29). The third kappa shape index (κ3) is 6.40. The SMILES string of the molecule is Nc1nc(Cl)nc2c1ncn2CCCCOC(=O)NCc1ccc(S(=O)(=O)Nc2ccccc2)cc1. The van der Waals surface area contributed by atoms with Crippen LogP contribution < -0.4 is 15.8 Å². The van der Waals surface area contributed by atoms with E-state index in [-0.39, 0.29) is 29.1 Å². The fraction of sp³-hybridized carbons (Fsp3) is 0.217. The van der Waals surface area contributed by atoms with Gasteiger partial charge in [-0.15, -0.1) is 0 Å². The summed E-state index contributed by atoms with van der Waals surface area (Å²) in [4.78, 5) is 24.3. The molecule has 0 atom stereocenters. The second-order valence-corrected chi connectivity index (χ2v) is 9.82. The van der Waals surface area contributed by atoms with Crippen molar-refractivity contribution in [2.24, 2.45) is 0 Å². The van der Waals surface area contributed by atoms with Crippen LogP contribution in [-0.2, 0) is 27.8 Å². The molecule has 36 heavy (non-hydrogen) atoms. The van der Waals surface area contributed by atoms with E-state index >= 15 is 0 Å². The van der Waals surface area contributed by atoms with Gasteiger partial charge in [0.05, 0.1) is 17.8 Å². The molecule has 4 N–H and O–H groups in total. The molecule has 4 aromatic rings. The predicted octanol–water partition coefficient (Wildman–Crippen LogP) is 3.57. The van der Waals surface area contributed by atoms with Crippen LogP contribution in [0.25, 0.3) is 11.2 Å². The number of anilines is 2. The summed E-state index contributed by atoms with van der Waals surface area (Å²) in [7, 11) is -3.70. The van der Waals surface area contributed by atoms with E-state index in [0.717, 1.165) is 5.56 Å². The number of rotatable bonds is 10. The third-order valence-corrected chi connectivity index (χ3v) is 6.75. The number of carbonyl (C=O) groups excluding carboxylic acids is 1. The lowest BCUT2D eigenvalue weighted by Crippen LogP contribution is -2.24. The first-order valence-electron chi connectivity index (χ1n) is 11.0. The smallest absolute Gasteiger partial charge is 0.407 e. The van der Waals surface area contributed by atoms with Crippen LogP contribution in [-0.4, -0.2) is 40.6 Å². The maximum Gasteiger partial charge on any atom is 0.407 e. The average Bonchev–Trinajstić information content (AvgIpc) is 3.26. The van der Waals surface area contributed by atoms with Crippen molar-refractivity contribution in [3.8, 4) is 0 Å². The number of nitrogens with one attached hydrogen (secondary N) is 2. The van der Waals surface area contributed by atoms with E-state index in [1.54, 1.807) is 48.8 Å². The lowest BCUT2D eigenvalue weighted by molar-refractivity contribution is 0.143. The van der Waals surface area contributed by atoms with Crippen LogP contribution in [0.3, 0.4) is 0 Å². The number of para-hydroxylation sites is 1. The van der Waals surface area contributed by atoms with Gasteiger partial charge >= 0.3 is 6.09 Å². The van der Waals surface area contributed by atoms with Crippen LogP contribution in [0, 0.1) is 0 Å². The summed E-state index contributed by atoms with van der Waals surface area (Å²) in [5.74, 6) is 0.226. The van der Waals surface area contributed by atoms with Crippen molar-refractivity contribution in [2.75, 3.05) is 17.1 Å². The molecule has 188 valence electrons. The zero-order valence-electron chi connectivity index (χ0n) is 19.1. The van der Waals surface area contributed by atoms with Gasteiger partial charge in [-0.05, 0) is 54.3 Å². The molecule has 0 fully saturated rings. The zero-order valence-corrected chi connectivity index (χ0v) is 20.7. The first-order chi connectivity index (χ1) is 17.3. The minimum atomic E-state index is -3.70. The number of hydrogen-bond donors (Lipinski definition) is 3. The summed E-state index contributed by atoms with van der Waals surface area (Å²) in [6.07, 6.45) is 2.40. The van der Waals surface area contributed by atoms with Gasteiger partial charge in [-0.25, -0.2) is 18.2 Å². The number of imidazole rings is 1. The summed E-state index contributed by atoms with van der Waals surface area (Å²) in [5, 5.41) is 2.71. The van der Waals surface area contributed by atoms with Gasteiger partial charge in [0.15, 0.2) is 11.5 Å². The molecule has 1 amide bonds. The molecule has 0 aliphatic heterocycles. The lowest BCUT2D eigenvalue weighted by Gasteiger charge is -2.10. The molecular formula is C23H24ClN7O4S. The number of fused-ring (bicyclic) bond motifs is 1.